The van der Waals surface area contributed by atoms with Gasteiger partial charge in [0.15, 0.2) is 5.76 Å². The van der Waals surface area contributed by atoms with Crippen LogP contribution in [0.5, 0.6) is 0 Å². The molecule has 27 heavy (non-hydrogen) atoms. The Bertz CT molecular complexity index is 1300. The number of hydrogen-bond donors (Lipinski definition) is 0. The van der Waals surface area contributed by atoms with Gasteiger partial charge in [0, 0.05) is 22.6 Å². The molecule has 0 atom stereocenters. The number of fused-ring (bicyclic) bond motifs is 2. The SMILES string of the molecule is Cc1cc(-c2nn3c(-c4cc5ccccc5o4)nnc3s2)ccc1[N+](=O)[O-]. The summed E-state index contributed by atoms with van der Waals surface area (Å²) in [5, 5.41) is 25.6. The number of nitro groups is 1. The minimum absolute atomic E-state index is 0.0877. The molecule has 9 heteroatoms. The summed E-state index contributed by atoms with van der Waals surface area (Å²) in [7, 11) is 0. The van der Waals surface area contributed by atoms with Crippen molar-refractivity contribution >= 4 is 33.0 Å². The number of furan rings is 1. The molecule has 5 rings (SSSR count). The fourth-order valence-corrected chi connectivity index (χ4v) is 3.81. The third-order valence-electron chi connectivity index (χ3n) is 4.28. The van der Waals surface area contributed by atoms with Gasteiger partial charge in [0.1, 0.15) is 10.6 Å². The number of para-hydroxylation sites is 1. The van der Waals surface area contributed by atoms with Crippen LogP contribution in [0.15, 0.2) is 52.9 Å². The van der Waals surface area contributed by atoms with E-state index in [0.29, 0.717) is 27.1 Å². The maximum absolute atomic E-state index is 11.0. The van der Waals surface area contributed by atoms with Gasteiger partial charge in [-0.15, -0.1) is 10.2 Å². The summed E-state index contributed by atoms with van der Waals surface area (Å²) in [5.41, 5.74) is 2.24. The summed E-state index contributed by atoms with van der Waals surface area (Å²) in [5.74, 6) is 1.10. The molecule has 0 bridgehead atoms. The molecule has 3 heterocycles. The third-order valence-corrected chi connectivity index (χ3v) is 5.23. The monoisotopic (exact) mass is 377 g/mol. The third kappa shape index (κ3) is 2.48. The van der Waals surface area contributed by atoms with Gasteiger partial charge in [-0.1, -0.05) is 29.5 Å². The van der Waals surface area contributed by atoms with Crippen molar-refractivity contribution in [3.05, 3.63) is 64.2 Å². The lowest BCUT2D eigenvalue weighted by atomic mass is 10.1. The van der Waals surface area contributed by atoms with Crippen LogP contribution in [0.25, 0.3) is 38.1 Å². The molecule has 8 nitrogen and oxygen atoms in total. The minimum Gasteiger partial charge on any atom is -0.453 e. The fraction of sp³-hybridized carbons (Fsp3) is 0.0556. The molecule has 3 aromatic heterocycles. The first-order chi connectivity index (χ1) is 13.1. The highest BCUT2D eigenvalue weighted by Crippen LogP contribution is 2.32. The van der Waals surface area contributed by atoms with Crippen molar-refractivity contribution < 1.29 is 9.34 Å². The average Bonchev–Trinajstić information content (AvgIpc) is 3.34. The molecule has 0 amide bonds. The summed E-state index contributed by atoms with van der Waals surface area (Å²) >= 11 is 1.36. The Morgan fingerprint density at radius 3 is 2.78 bits per heavy atom. The molecule has 0 saturated carbocycles. The lowest BCUT2D eigenvalue weighted by Gasteiger charge is -1.99. The standard InChI is InChI=1S/C18H11N5O3S/c1-10-8-12(6-7-13(10)23(24)25)17-21-22-16(19-20-18(22)27-17)15-9-11-4-2-3-5-14(11)26-15/h2-9H,1H3. The predicted molar refractivity (Wildman–Crippen MR) is 101 cm³/mol. The van der Waals surface area contributed by atoms with Gasteiger partial charge in [0.05, 0.1) is 4.92 Å². The molecule has 0 aliphatic rings. The predicted octanol–water partition coefficient (Wildman–Crippen LogP) is 4.48. The molecule has 5 aromatic rings. The lowest BCUT2D eigenvalue weighted by Crippen LogP contribution is -1.92. The molecule has 0 fully saturated rings. The van der Waals surface area contributed by atoms with Crippen molar-refractivity contribution in [2.75, 3.05) is 0 Å². The van der Waals surface area contributed by atoms with E-state index in [9.17, 15) is 10.1 Å². The normalized spacial score (nSPS) is 11.4. The maximum atomic E-state index is 11.0. The Balaban J connectivity index is 1.61. The van der Waals surface area contributed by atoms with Crippen LogP contribution in [0.1, 0.15) is 5.56 Å². The van der Waals surface area contributed by atoms with E-state index in [0.717, 1.165) is 16.5 Å². The number of benzene rings is 2. The van der Waals surface area contributed by atoms with E-state index in [-0.39, 0.29) is 5.69 Å². The second-order valence-corrected chi connectivity index (χ2v) is 6.99. The number of nitro benzene ring substituents is 1. The molecule has 0 spiro atoms. The van der Waals surface area contributed by atoms with E-state index in [2.05, 4.69) is 15.3 Å². The Kier molecular flexibility index (Phi) is 3.31. The molecule has 0 aliphatic carbocycles. The zero-order valence-electron chi connectivity index (χ0n) is 14.0. The van der Waals surface area contributed by atoms with E-state index >= 15 is 0 Å². The number of aromatic nitrogens is 4. The van der Waals surface area contributed by atoms with Crippen LogP contribution in [0.2, 0.25) is 0 Å². The minimum atomic E-state index is -0.391. The van der Waals surface area contributed by atoms with Crippen LogP contribution in [0, 0.1) is 17.0 Å². The van der Waals surface area contributed by atoms with Gasteiger partial charge >= 0.3 is 0 Å². The smallest absolute Gasteiger partial charge is 0.272 e. The van der Waals surface area contributed by atoms with E-state index in [1.807, 2.05) is 30.3 Å². The highest BCUT2D eigenvalue weighted by molar-refractivity contribution is 7.19. The van der Waals surface area contributed by atoms with Crippen molar-refractivity contribution in [2.24, 2.45) is 0 Å². The topological polar surface area (TPSA) is 99.4 Å². The van der Waals surface area contributed by atoms with E-state index in [4.69, 9.17) is 4.42 Å². The van der Waals surface area contributed by atoms with Crippen LogP contribution in [-0.4, -0.2) is 24.7 Å². The highest BCUT2D eigenvalue weighted by Gasteiger charge is 2.19. The van der Waals surface area contributed by atoms with Crippen LogP contribution >= 0.6 is 11.3 Å². The van der Waals surface area contributed by atoms with Gasteiger partial charge in [-0.05, 0) is 31.2 Å². The van der Waals surface area contributed by atoms with Gasteiger partial charge in [-0.2, -0.15) is 9.61 Å². The molecule has 0 radical (unpaired) electrons. The highest BCUT2D eigenvalue weighted by atomic mass is 32.1. The molecule has 132 valence electrons. The summed E-state index contributed by atoms with van der Waals surface area (Å²) < 4.78 is 7.50. The lowest BCUT2D eigenvalue weighted by molar-refractivity contribution is -0.385. The molecular formula is C18H11N5O3S. The van der Waals surface area contributed by atoms with Crippen LogP contribution in [0.3, 0.4) is 0 Å². The van der Waals surface area contributed by atoms with Crippen LogP contribution < -0.4 is 0 Å². The second-order valence-electron chi connectivity index (χ2n) is 6.03. The molecular weight excluding hydrogens is 366 g/mol. The molecule has 2 aromatic carbocycles. The Morgan fingerprint density at radius 2 is 2.00 bits per heavy atom. The van der Waals surface area contributed by atoms with Crippen molar-refractivity contribution in [3.8, 4) is 22.2 Å². The van der Waals surface area contributed by atoms with Gasteiger partial charge in [0.2, 0.25) is 10.8 Å². The van der Waals surface area contributed by atoms with Gasteiger partial charge in [0.25, 0.3) is 5.69 Å². The zero-order chi connectivity index (χ0) is 18.5. The fourth-order valence-electron chi connectivity index (χ4n) is 2.97. The van der Waals surface area contributed by atoms with Crippen molar-refractivity contribution in [1.29, 1.82) is 0 Å². The van der Waals surface area contributed by atoms with Gasteiger partial charge < -0.3 is 4.42 Å². The number of aryl methyl sites for hydroxylation is 1. The van der Waals surface area contributed by atoms with Crippen molar-refractivity contribution in [3.63, 3.8) is 0 Å². The molecule has 0 N–H and O–H groups in total. The first kappa shape index (κ1) is 15.6. The first-order valence-electron chi connectivity index (χ1n) is 8.07. The average molecular weight is 377 g/mol. The van der Waals surface area contributed by atoms with Gasteiger partial charge in [-0.25, -0.2) is 0 Å². The summed E-state index contributed by atoms with van der Waals surface area (Å²) in [6.45, 7) is 1.71. The maximum Gasteiger partial charge on any atom is 0.272 e. The summed E-state index contributed by atoms with van der Waals surface area (Å²) in [6.07, 6.45) is 0. The Hall–Kier alpha value is -3.59. The molecule has 0 saturated heterocycles. The van der Waals surface area contributed by atoms with E-state index in [1.165, 1.54) is 17.4 Å². The largest absolute Gasteiger partial charge is 0.453 e. The van der Waals surface area contributed by atoms with Crippen molar-refractivity contribution in [2.45, 2.75) is 6.92 Å². The quantitative estimate of drug-likeness (QED) is 0.339. The van der Waals surface area contributed by atoms with Gasteiger partial charge in [-0.3, -0.25) is 10.1 Å². The summed E-state index contributed by atoms with van der Waals surface area (Å²) in [6, 6.07) is 14.6. The zero-order valence-corrected chi connectivity index (χ0v) is 14.8. The molecule has 0 unspecified atom stereocenters. The second kappa shape index (κ2) is 5.71. The Morgan fingerprint density at radius 1 is 1.15 bits per heavy atom. The summed E-state index contributed by atoms with van der Waals surface area (Å²) in [4.78, 5) is 11.2. The van der Waals surface area contributed by atoms with Crippen molar-refractivity contribution in [1.82, 2.24) is 19.8 Å². The number of nitrogens with zero attached hydrogens (tertiary/aromatic N) is 5. The molecule has 0 aliphatic heterocycles. The number of rotatable bonds is 3. The van der Waals surface area contributed by atoms with Crippen LogP contribution in [-0.2, 0) is 0 Å². The van der Waals surface area contributed by atoms with Crippen LogP contribution in [0.4, 0.5) is 5.69 Å². The first-order valence-corrected chi connectivity index (χ1v) is 8.88. The number of hydrogen-bond acceptors (Lipinski definition) is 7. The van der Waals surface area contributed by atoms with E-state index in [1.54, 1.807) is 23.6 Å². The van der Waals surface area contributed by atoms with E-state index < -0.39 is 4.92 Å². The Labute approximate surface area is 155 Å².